The van der Waals surface area contributed by atoms with Crippen LogP contribution >= 0.6 is 0 Å². The number of H-pyrrole nitrogens is 1. The highest BCUT2D eigenvalue weighted by Crippen LogP contribution is 2.39. The maximum absolute atomic E-state index is 11.0. The van der Waals surface area contributed by atoms with E-state index in [9.17, 15) is 4.79 Å². The van der Waals surface area contributed by atoms with Crippen molar-refractivity contribution in [2.75, 3.05) is 0 Å². The summed E-state index contributed by atoms with van der Waals surface area (Å²) in [6.45, 7) is 1.84. The van der Waals surface area contributed by atoms with E-state index < -0.39 is 12.0 Å². The van der Waals surface area contributed by atoms with Gasteiger partial charge in [0, 0.05) is 23.6 Å². The summed E-state index contributed by atoms with van der Waals surface area (Å²) in [4.78, 5) is 11.0. The fraction of sp³-hybridized carbons (Fsp3) is 0.273. The molecular formula is C11H11N3O3. The molecule has 1 atom stereocenters. The van der Waals surface area contributed by atoms with Crippen molar-refractivity contribution in [1.82, 2.24) is 10.2 Å². The minimum Gasteiger partial charge on any atom is -0.477 e. The Morgan fingerprint density at radius 2 is 2.47 bits per heavy atom. The second-order valence-corrected chi connectivity index (χ2v) is 4.17. The Labute approximate surface area is 96.4 Å². The van der Waals surface area contributed by atoms with Crippen LogP contribution in [0.4, 0.5) is 0 Å². The molecule has 2 aromatic rings. The van der Waals surface area contributed by atoms with Crippen molar-refractivity contribution in [2.24, 2.45) is 5.73 Å². The standard InChI is InChI=1S/C11H11N3O3/c1-4-2-5-7(17-4)3-6(12)8-9(5)13-14-10(8)11(15)16/h2,6H,3,12H2,1H3,(H,13,14)(H,15,16). The van der Waals surface area contributed by atoms with Crippen LogP contribution in [0.1, 0.15) is 33.6 Å². The average molecular weight is 233 g/mol. The number of aromatic amines is 1. The number of carboxylic acid groups (broad SMARTS) is 1. The number of fused-ring (bicyclic) bond motifs is 3. The van der Waals surface area contributed by atoms with Crippen molar-refractivity contribution in [3.8, 4) is 11.3 Å². The fourth-order valence-corrected chi connectivity index (χ4v) is 2.30. The molecule has 0 saturated heterocycles. The van der Waals surface area contributed by atoms with Gasteiger partial charge in [-0.1, -0.05) is 0 Å². The van der Waals surface area contributed by atoms with Crippen LogP contribution in [0.15, 0.2) is 10.5 Å². The number of carboxylic acids is 1. The SMILES string of the molecule is Cc1cc2c(o1)CC(N)c1c-2n[nH]c1C(=O)O. The number of nitrogens with one attached hydrogen (secondary N) is 1. The Morgan fingerprint density at radius 3 is 3.18 bits per heavy atom. The first-order valence-corrected chi connectivity index (χ1v) is 5.24. The molecule has 2 heterocycles. The molecule has 2 aromatic heterocycles. The molecule has 88 valence electrons. The second kappa shape index (κ2) is 3.21. The predicted molar refractivity (Wildman–Crippen MR) is 58.6 cm³/mol. The zero-order valence-electron chi connectivity index (χ0n) is 9.15. The summed E-state index contributed by atoms with van der Waals surface area (Å²) in [5.74, 6) is 0.499. The first kappa shape index (κ1) is 10.1. The van der Waals surface area contributed by atoms with Crippen LogP contribution < -0.4 is 5.73 Å². The van der Waals surface area contributed by atoms with E-state index in [4.69, 9.17) is 15.3 Å². The lowest BCUT2D eigenvalue weighted by Gasteiger charge is -2.17. The smallest absolute Gasteiger partial charge is 0.354 e. The third-order valence-electron chi connectivity index (χ3n) is 2.98. The highest BCUT2D eigenvalue weighted by molar-refractivity contribution is 5.90. The van der Waals surface area contributed by atoms with Gasteiger partial charge < -0.3 is 15.3 Å². The fourth-order valence-electron chi connectivity index (χ4n) is 2.30. The summed E-state index contributed by atoms with van der Waals surface area (Å²) in [6.07, 6.45) is 0.496. The van der Waals surface area contributed by atoms with Gasteiger partial charge in [-0.25, -0.2) is 4.79 Å². The van der Waals surface area contributed by atoms with E-state index >= 15 is 0 Å². The zero-order valence-corrected chi connectivity index (χ0v) is 9.15. The number of aromatic nitrogens is 2. The van der Waals surface area contributed by atoms with E-state index in [1.165, 1.54) is 0 Å². The topological polar surface area (TPSA) is 105 Å². The number of rotatable bonds is 1. The lowest BCUT2D eigenvalue weighted by molar-refractivity contribution is 0.0688. The molecule has 6 heteroatoms. The van der Waals surface area contributed by atoms with Gasteiger partial charge in [0.05, 0.1) is 0 Å². The molecule has 1 unspecified atom stereocenters. The number of nitrogens with two attached hydrogens (primary N) is 1. The van der Waals surface area contributed by atoms with Crippen LogP contribution in [0.25, 0.3) is 11.3 Å². The van der Waals surface area contributed by atoms with Gasteiger partial charge in [-0.05, 0) is 13.0 Å². The number of carbonyl (C=O) groups is 1. The van der Waals surface area contributed by atoms with Crippen molar-refractivity contribution < 1.29 is 14.3 Å². The summed E-state index contributed by atoms with van der Waals surface area (Å²) in [5.41, 5.74) is 8.02. The van der Waals surface area contributed by atoms with Crippen LogP contribution in [0, 0.1) is 6.92 Å². The Kier molecular flexibility index (Phi) is 1.90. The molecule has 0 saturated carbocycles. The van der Waals surface area contributed by atoms with E-state index in [2.05, 4.69) is 10.2 Å². The molecule has 0 radical (unpaired) electrons. The van der Waals surface area contributed by atoms with Crippen LogP contribution in [0.2, 0.25) is 0 Å². The summed E-state index contributed by atoms with van der Waals surface area (Å²) in [5, 5.41) is 15.6. The van der Waals surface area contributed by atoms with Crippen LogP contribution in [0.3, 0.4) is 0 Å². The summed E-state index contributed by atoms with van der Waals surface area (Å²) in [7, 11) is 0. The lowest BCUT2D eigenvalue weighted by Crippen LogP contribution is -2.20. The maximum Gasteiger partial charge on any atom is 0.354 e. The highest BCUT2D eigenvalue weighted by atomic mass is 16.4. The Bertz CT molecular complexity index is 612. The molecule has 0 spiro atoms. The molecule has 0 amide bonds. The molecule has 1 aliphatic rings. The lowest BCUT2D eigenvalue weighted by atomic mass is 9.90. The maximum atomic E-state index is 11.0. The van der Waals surface area contributed by atoms with E-state index in [-0.39, 0.29) is 5.69 Å². The molecular weight excluding hydrogens is 222 g/mol. The third kappa shape index (κ3) is 1.31. The van der Waals surface area contributed by atoms with Crippen LogP contribution in [-0.4, -0.2) is 21.3 Å². The van der Waals surface area contributed by atoms with Crippen LogP contribution in [0.5, 0.6) is 0 Å². The predicted octanol–water partition coefficient (Wildman–Crippen LogP) is 1.23. The van der Waals surface area contributed by atoms with Crippen LogP contribution in [-0.2, 0) is 6.42 Å². The van der Waals surface area contributed by atoms with Crippen molar-refractivity contribution in [3.05, 3.63) is 28.8 Å². The number of hydrogen-bond acceptors (Lipinski definition) is 4. The minimum absolute atomic E-state index is 0.0667. The minimum atomic E-state index is -1.04. The molecule has 0 aliphatic heterocycles. The Morgan fingerprint density at radius 1 is 1.71 bits per heavy atom. The molecule has 4 N–H and O–H groups in total. The summed E-state index contributed by atoms with van der Waals surface area (Å²) >= 11 is 0. The summed E-state index contributed by atoms with van der Waals surface area (Å²) in [6, 6.07) is 1.46. The van der Waals surface area contributed by atoms with Gasteiger partial charge in [0.2, 0.25) is 0 Å². The molecule has 0 fully saturated rings. The van der Waals surface area contributed by atoms with Gasteiger partial charge in [0.15, 0.2) is 0 Å². The highest BCUT2D eigenvalue weighted by Gasteiger charge is 2.32. The van der Waals surface area contributed by atoms with Crippen molar-refractivity contribution in [3.63, 3.8) is 0 Å². The molecule has 6 nitrogen and oxygen atoms in total. The first-order chi connectivity index (χ1) is 8.08. The molecule has 0 aromatic carbocycles. The van der Waals surface area contributed by atoms with Crippen molar-refractivity contribution in [1.29, 1.82) is 0 Å². The van der Waals surface area contributed by atoms with Gasteiger partial charge in [0.1, 0.15) is 22.9 Å². The first-order valence-electron chi connectivity index (χ1n) is 5.24. The second-order valence-electron chi connectivity index (χ2n) is 4.17. The normalized spacial score (nSPS) is 17.6. The Balaban J connectivity index is 2.26. The van der Waals surface area contributed by atoms with Gasteiger partial charge >= 0.3 is 5.97 Å². The zero-order chi connectivity index (χ0) is 12.2. The largest absolute Gasteiger partial charge is 0.477 e. The van der Waals surface area contributed by atoms with E-state index in [1.54, 1.807) is 0 Å². The molecule has 0 bridgehead atoms. The molecule has 1 aliphatic carbocycles. The summed E-state index contributed by atoms with van der Waals surface area (Å²) < 4.78 is 5.52. The monoisotopic (exact) mass is 233 g/mol. The van der Waals surface area contributed by atoms with Gasteiger partial charge in [0.25, 0.3) is 0 Å². The van der Waals surface area contributed by atoms with Gasteiger partial charge in [-0.15, -0.1) is 0 Å². The van der Waals surface area contributed by atoms with Gasteiger partial charge in [-0.3, -0.25) is 5.10 Å². The number of furan rings is 1. The average Bonchev–Trinajstić information content (AvgIpc) is 2.80. The number of hydrogen-bond donors (Lipinski definition) is 3. The van der Waals surface area contributed by atoms with E-state index in [1.807, 2.05) is 13.0 Å². The molecule has 17 heavy (non-hydrogen) atoms. The van der Waals surface area contributed by atoms with E-state index in [0.717, 1.165) is 17.1 Å². The quantitative estimate of drug-likeness (QED) is 0.687. The number of aryl methyl sites for hydroxylation is 1. The third-order valence-corrected chi connectivity index (χ3v) is 2.98. The number of aromatic carboxylic acids is 1. The van der Waals surface area contributed by atoms with Crippen molar-refractivity contribution >= 4 is 5.97 Å². The van der Waals surface area contributed by atoms with E-state index in [0.29, 0.717) is 17.7 Å². The van der Waals surface area contributed by atoms with Gasteiger partial charge in [-0.2, -0.15) is 5.10 Å². The Hall–Kier alpha value is -2.08. The number of nitrogens with zero attached hydrogens (tertiary/aromatic N) is 1. The van der Waals surface area contributed by atoms with Crippen molar-refractivity contribution in [2.45, 2.75) is 19.4 Å². The molecule has 3 rings (SSSR count).